The number of aromatic nitrogens is 2. The Morgan fingerprint density at radius 2 is 1.87 bits per heavy atom. The number of carbonyl (C=O) groups excluding carboxylic acids is 1. The fourth-order valence-electron chi connectivity index (χ4n) is 2.09. The molecular formula is C17H12Cl2N2O2. The van der Waals surface area contributed by atoms with Gasteiger partial charge in [-0.3, -0.25) is 4.79 Å². The van der Waals surface area contributed by atoms with E-state index < -0.39 is 0 Å². The number of ether oxygens (including phenoxy) is 1. The lowest BCUT2D eigenvalue weighted by Crippen LogP contribution is -2.05. The van der Waals surface area contributed by atoms with Crippen LogP contribution in [0.2, 0.25) is 10.0 Å². The van der Waals surface area contributed by atoms with Crippen molar-refractivity contribution >= 4 is 29.0 Å². The lowest BCUT2D eigenvalue weighted by molar-refractivity contribution is 0.103. The standard InChI is InChI=1S/C17H12Cl2N2O2/c18-12-6-7-13(15(19)8-12)16(22)14-9-20-21-17(14)23-10-11-4-2-1-3-5-11/h1-9H,10H2,(H,20,21). The number of halogens is 2. The maximum atomic E-state index is 12.6. The molecule has 4 nitrogen and oxygen atoms in total. The molecule has 0 saturated carbocycles. The highest BCUT2D eigenvalue weighted by Crippen LogP contribution is 2.26. The smallest absolute Gasteiger partial charge is 0.220 e. The van der Waals surface area contributed by atoms with Crippen molar-refractivity contribution < 1.29 is 9.53 Å². The fourth-order valence-corrected chi connectivity index (χ4v) is 2.59. The van der Waals surface area contributed by atoms with Crippen molar-refractivity contribution in [3.63, 3.8) is 0 Å². The van der Waals surface area contributed by atoms with Crippen molar-refractivity contribution in [2.24, 2.45) is 0 Å². The van der Waals surface area contributed by atoms with Gasteiger partial charge in [0, 0.05) is 10.6 Å². The van der Waals surface area contributed by atoms with Crippen LogP contribution in [0.5, 0.6) is 5.88 Å². The highest BCUT2D eigenvalue weighted by atomic mass is 35.5. The van der Waals surface area contributed by atoms with E-state index in [4.69, 9.17) is 27.9 Å². The zero-order chi connectivity index (χ0) is 16.2. The molecule has 0 saturated heterocycles. The van der Waals surface area contributed by atoms with Crippen LogP contribution in [0.3, 0.4) is 0 Å². The Morgan fingerprint density at radius 3 is 2.61 bits per heavy atom. The third-order valence-electron chi connectivity index (χ3n) is 3.25. The molecule has 3 aromatic rings. The molecule has 0 fully saturated rings. The second-order valence-corrected chi connectivity index (χ2v) is 5.68. The number of aromatic amines is 1. The van der Waals surface area contributed by atoms with Crippen LogP contribution < -0.4 is 4.74 Å². The van der Waals surface area contributed by atoms with Crippen molar-refractivity contribution in [3.05, 3.63) is 81.5 Å². The van der Waals surface area contributed by atoms with E-state index in [2.05, 4.69) is 10.2 Å². The second-order valence-electron chi connectivity index (χ2n) is 4.84. The lowest BCUT2D eigenvalue weighted by atomic mass is 10.1. The molecule has 0 aliphatic rings. The van der Waals surface area contributed by atoms with E-state index in [1.54, 1.807) is 12.1 Å². The summed E-state index contributed by atoms with van der Waals surface area (Å²) in [6, 6.07) is 14.4. The van der Waals surface area contributed by atoms with Gasteiger partial charge in [0.15, 0.2) is 0 Å². The highest BCUT2D eigenvalue weighted by molar-refractivity contribution is 6.37. The van der Waals surface area contributed by atoms with Gasteiger partial charge < -0.3 is 4.74 Å². The summed E-state index contributed by atoms with van der Waals surface area (Å²) >= 11 is 11.9. The van der Waals surface area contributed by atoms with Crippen molar-refractivity contribution in [1.82, 2.24) is 10.2 Å². The quantitative estimate of drug-likeness (QED) is 0.690. The third kappa shape index (κ3) is 3.55. The van der Waals surface area contributed by atoms with Crippen LogP contribution in [-0.4, -0.2) is 16.0 Å². The maximum Gasteiger partial charge on any atom is 0.220 e. The first-order valence-corrected chi connectivity index (χ1v) is 7.60. The Morgan fingerprint density at radius 1 is 1.09 bits per heavy atom. The summed E-state index contributed by atoms with van der Waals surface area (Å²) in [5.41, 5.74) is 1.66. The fraction of sp³-hybridized carbons (Fsp3) is 0.0588. The van der Waals surface area contributed by atoms with Crippen LogP contribution in [0, 0.1) is 0 Å². The second kappa shape index (κ2) is 6.86. The molecular weight excluding hydrogens is 335 g/mol. The minimum absolute atomic E-state index is 0.275. The molecule has 3 rings (SSSR count). The van der Waals surface area contributed by atoms with E-state index >= 15 is 0 Å². The molecule has 0 aliphatic heterocycles. The van der Waals surface area contributed by atoms with E-state index in [1.165, 1.54) is 12.3 Å². The van der Waals surface area contributed by atoms with Crippen molar-refractivity contribution in [3.8, 4) is 5.88 Å². The Kier molecular flexibility index (Phi) is 4.65. The van der Waals surface area contributed by atoms with Gasteiger partial charge in [-0.1, -0.05) is 53.5 Å². The van der Waals surface area contributed by atoms with Crippen LogP contribution in [0.25, 0.3) is 0 Å². The van der Waals surface area contributed by atoms with Gasteiger partial charge >= 0.3 is 0 Å². The molecule has 116 valence electrons. The Hall–Kier alpha value is -2.30. The monoisotopic (exact) mass is 346 g/mol. The number of benzene rings is 2. The molecule has 0 spiro atoms. The molecule has 23 heavy (non-hydrogen) atoms. The summed E-state index contributed by atoms with van der Waals surface area (Å²) in [7, 11) is 0. The van der Waals surface area contributed by atoms with Crippen LogP contribution in [-0.2, 0) is 6.61 Å². The topological polar surface area (TPSA) is 55.0 Å². The van der Waals surface area contributed by atoms with Crippen LogP contribution in [0.4, 0.5) is 0 Å². The van der Waals surface area contributed by atoms with E-state index in [0.717, 1.165) is 5.56 Å². The van der Waals surface area contributed by atoms with E-state index in [9.17, 15) is 4.79 Å². The van der Waals surface area contributed by atoms with Gasteiger partial charge in [-0.05, 0) is 23.8 Å². The van der Waals surface area contributed by atoms with Crippen molar-refractivity contribution in [2.45, 2.75) is 6.61 Å². The molecule has 0 amide bonds. The number of nitrogens with one attached hydrogen (secondary N) is 1. The summed E-state index contributed by atoms with van der Waals surface area (Å²) < 4.78 is 5.66. The SMILES string of the molecule is O=C(c1ccc(Cl)cc1Cl)c1cn[nH]c1OCc1ccccc1. The Bertz CT molecular complexity index is 832. The summed E-state index contributed by atoms with van der Waals surface area (Å²) in [5, 5.41) is 7.34. The molecule has 1 aromatic heterocycles. The maximum absolute atomic E-state index is 12.6. The highest BCUT2D eigenvalue weighted by Gasteiger charge is 2.19. The normalized spacial score (nSPS) is 10.5. The summed E-state index contributed by atoms with van der Waals surface area (Å²) in [6.07, 6.45) is 1.42. The van der Waals surface area contributed by atoms with Gasteiger partial charge in [0.25, 0.3) is 0 Å². The molecule has 1 heterocycles. The van der Waals surface area contributed by atoms with Gasteiger partial charge in [0.1, 0.15) is 12.2 Å². The summed E-state index contributed by atoms with van der Waals surface area (Å²) in [5.74, 6) is 0.0355. The van der Waals surface area contributed by atoms with E-state index in [-0.39, 0.29) is 10.8 Å². The number of nitrogens with zero attached hydrogens (tertiary/aromatic N) is 1. The van der Waals surface area contributed by atoms with Crippen LogP contribution in [0.1, 0.15) is 21.5 Å². The zero-order valence-electron chi connectivity index (χ0n) is 11.9. The number of hydrogen-bond donors (Lipinski definition) is 1. The number of ketones is 1. The van der Waals surface area contributed by atoms with Crippen molar-refractivity contribution in [1.29, 1.82) is 0 Å². The molecule has 6 heteroatoms. The number of rotatable bonds is 5. The molecule has 0 radical (unpaired) electrons. The third-order valence-corrected chi connectivity index (χ3v) is 3.80. The molecule has 0 unspecified atom stereocenters. The number of hydrogen-bond acceptors (Lipinski definition) is 3. The molecule has 1 N–H and O–H groups in total. The average molecular weight is 347 g/mol. The first kappa shape index (κ1) is 15.6. The number of H-pyrrole nitrogens is 1. The van der Waals surface area contributed by atoms with Crippen molar-refractivity contribution in [2.75, 3.05) is 0 Å². The Balaban J connectivity index is 1.81. The van der Waals surface area contributed by atoms with Crippen LogP contribution in [0.15, 0.2) is 54.7 Å². The lowest BCUT2D eigenvalue weighted by Gasteiger charge is -2.07. The van der Waals surface area contributed by atoms with Gasteiger partial charge in [-0.15, -0.1) is 0 Å². The molecule has 2 aromatic carbocycles. The van der Waals surface area contributed by atoms with Gasteiger partial charge in [-0.25, -0.2) is 5.10 Å². The van der Waals surface area contributed by atoms with E-state index in [1.807, 2.05) is 30.3 Å². The first-order chi connectivity index (χ1) is 11.1. The van der Waals surface area contributed by atoms with Crippen LogP contribution >= 0.6 is 23.2 Å². The molecule has 0 bridgehead atoms. The number of carbonyl (C=O) groups is 1. The first-order valence-electron chi connectivity index (χ1n) is 6.85. The Labute approximate surface area is 143 Å². The summed E-state index contributed by atoms with van der Waals surface area (Å²) in [6.45, 7) is 0.331. The van der Waals surface area contributed by atoms with Gasteiger partial charge in [0.05, 0.1) is 11.2 Å². The average Bonchev–Trinajstić information content (AvgIpc) is 3.02. The van der Waals surface area contributed by atoms with E-state index in [0.29, 0.717) is 28.6 Å². The minimum atomic E-state index is -0.275. The molecule has 0 aliphatic carbocycles. The predicted octanol–water partition coefficient (Wildman–Crippen LogP) is 4.53. The molecule has 0 atom stereocenters. The zero-order valence-corrected chi connectivity index (χ0v) is 13.4. The van der Waals surface area contributed by atoms with Gasteiger partial charge in [-0.2, -0.15) is 5.10 Å². The largest absolute Gasteiger partial charge is 0.473 e. The minimum Gasteiger partial charge on any atom is -0.473 e. The predicted molar refractivity (Wildman–Crippen MR) is 89.3 cm³/mol. The summed E-state index contributed by atoms with van der Waals surface area (Å²) in [4.78, 5) is 12.6. The van der Waals surface area contributed by atoms with Gasteiger partial charge in [0.2, 0.25) is 11.7 Å².